The highest BCUT2D eigenvalue weighted by Gasteiger charge is 2.29. The van der Waals surface area contributed by atoms with Gasteiger partial charge in [0.15, 0.2) is 0 Å². The molecule has 30 heavy (non-hydrogen) atoms. The molecule has 152 valence electrons. The van der Waals surface area contributed by atoms with E-state index in [1.807, 2.05) is 22.7 Å². The van der Waals surface area contributed by atoms with E-state index < -0.39 is 0 Å². The van der Waals surface area contributed by atoms with Crippen LogP contribution in [-0.4, -0.2) is 33.4 Å². The van der Waals surface area contributed by atoms with Crippen molar-refractivity contribution in [2.24, 2.45) is 0 Å². The van der Waals surface area contributed by atoms with E-state index in [9.17, 15) is 0 Å². The van der Waals surface area contributed by atoms with Gasteiger partial charge < -0.3 is 4.74 Å². The van der Waals surface area contributed by atoms with E-state index >= 15 is 0 Å². The molecule has 5 heteroatoms. The first kappa shape index (κ1) is 18.8. The van der Waals surface area contributed by atoms with Crippen molar-refractivity contribution < 1.29 is 4.74 Å². The topological polar surface area (TPSA) is 42.7 Å². The number of likely N-dealkylation sites (tertiary alicyclic amines) is 1. The van der Waals surface area contributed by atoms with Crippen molar-refractivity contribution in [2.75, 3.05) is 13.7 Å². The van der Waals surface area contributed by atoms with E-state index in [4.69, 9.17) is 4.74 Å². The van der Waals surface area contributed by atoms with Crippen LogP contribution in [0.2, 0.25) is 0 Å². The van der Waals surface area contributed by atoms with Crippen LogP contribution < -0.4 is 4.74 Å². The third kappa shape index (κ3) is 3.57. The summed E-state index contributed by atoms with van der Waals surface area (Å²) in [5, 5.41) is 9.05. The molecular weight excluding hydrogens is 372 g/mol. The average Bonchev–Trinajstić information content (AvgIpc) is 3.41. The summed E-state index contributed by atoms with van der Waals surface area (Å²) in [5.41, 5.74) is 7.02. The van der Waals surface area contributed by atoms with Gasteiger partial charge in [0.05, 0.1) is 18.7 Å². The van der Waals surface area contributed by atoms with Crippen molar-refractivity contribution in [1.82, 2.24) is 19.7 Å². The lowest BCUT2D eigenvalue weighted by Crippen LogP contribution is -2.23. The summed E-state index contributed by atoms with van der Waals surface area (Å²) in [6.07, 6.45) is 4.37. The highest BCUT2D eigenvalue weighted by Crippen LogP contribution is 2.35. The Kier molecular flexibility index (Phi) is 4.97. The normalized spacial score (nSPS) is 16.9. The van der Waals surface area contributed by atoms with Crippen LogP contribution in [0, 0.1) is 6.92 Å². The molecule has 0 spiro atoms. The molecule has 0 N–H and O–H groups in total. The lowest BCUT2D eigenvalue weighted by molar-refractivity contribution is 0.245. The Labute approximate surface area is 176 Å². The Hall–Kier alpha value is -3.18. The second-order valence-electron chi connectivity index (χ2n) is 8.07. The Bertz CT molecular complexity index is 1170. The molecule has 1 unspecified atom stereocenters. The summed E-state index contributed by atoms with van der Waals surface area (Å²) < 4.78 is 7.27. The molecule has 0 bridgehead atoms. The molecule has 4 aromatic rings. The van der Waals surface area contributed by atoms with Crippen LogP contribution in [0.25, 0.3) is 16.6 Å². The third-order valence-electron chi connectivity index (χ3n) is 6.03. The summed E-state index contributed by atoms with van der Waals surface area (Å²) >= 11 is 0. The standard InChI is InChI=1S/C25H26N4O/c1-18-8-10-19(11-9-18)16-28-14-4-7-23(28)25-24-13-12-21(17-29(24)27-26-25)20-5-3-6-22(15-20)30-2/h3,5-6,8-13,15,17,23H,4,7,14,16H2,1-2H3. The maximum Gasteiger partial charge on any atom is 0.119 e. The average molecular weight is 399 g/mol. The quantitative estimate of drug-likeness (QED) is 0.472. The molecule has 5 rings (SSSR count). The molecule has 0 radical (unpaired) electrons. The highest BCUT2D eigenvalue weighted by molar-refractivity contribution is 5.67. The number of ether oxygens (including phenoxy) is 1. The van der Waals surface area contributed by atoms with E-state index in [0.29, 0.717) is 6.04 Å². The second kappa shape index (κ2) is 7.92. The number of methoxy groups -OCH3 is 1. The number of fused-ring (bicyclic) bond motifs is 1. The fourth-order valence-corrected chi connectivity index (χ4v) is 4.38. The van der Waals surface area contributed by atoms with Gasteiger partial charge in [-0.15, -0.1) is 5.10 Å². The van der Waals surface area contributed by atoms with Crippen LogP contribution in [0.4, 0.5) is 0 Å². The van der Waals surface area contributed by atoms with Gasteiger partial charge in [0.2, 0.25) is 0 Å². The number of hydrogen-bond donors (Lipinski definition) is 0. The van der Waals surface area contributed by atoms with Gasteiger partial charge in [-0.3, -0.25) is 4.90 Å². The van der Waals surface area contributed by atoms with Crippen LogP contribution in [-0.2, 0) is 6.54 Å². The van der Waals surface area contributed by atoms with Crippen molar-refractivity contribution in [3.8, 4) is 16.9 Å². The van der Waals surface area contributed by atoms with Gasteiger partial charge in [-0.05, 0) is 55.6 Å². The molecule has 0 aliphatic carbocycles. The van der Waals surface area contributed by atoms with Gasteiger partial charge in [0.25, 0.3) is 0 Å². The minimum absolute atomic E-state index is 0.312. The second-order valence-corrected chi connectivity index (χ2v) is 8.07. The molecule has 1 fully saturated rings. The Morgan fingerprint density at radius 3 is 2.73 bits per heavy atom. The van der Waals surface area contributed by atoms with Crippen LogP contribution in [0.15, 0.2) is 66.9 Å². The monoisotopic (exact) mass is 398 g/mol. The lowest BCUT2D eigenvalue weighted by atomic mass is 10.1. The third-order valence-corrected chi connectivity index (χ3v) is 6.03. The van der Waals surface area contributed by atoms with E-state index in [0.717, 1.165) is 47.6 Å². The Balaban J connectivity index is 1.43. The predicted molar refractivity (Wildman–Crippen MR) is 119 cm³/mol. The first-order valence-electron chi connectivity index (χ1n) is 10.5. The number of aromatic nitrogens is 3. The van der Waals surface area contributed by atoms with Crippen molar-refractivity contribution in [1.29, 1.82) is 0 Å². The van der Waals surface area contributed by atoms with Crippen molar-refractivity contribution >= 4 is 5.52 Å². The fraction of sp³-hybridized carbons (Fsp3) is 0.280. The summed E-state index contributed by atoms with van der Waals surface area (Å²) in [4.78, 5) is 2.53. The van der Waals surface area contributed by atoms with Crippen LogP contribution in [0.3, 0.4) is 0 Å². The first-order chi connectivity index (χ1) is 14.7. The van der Waals surface area contributed by atoms with Crippen LogP contribution >= 0.6 is 0 Å². The highest BCUT2D eigenvalue weighted by atomic mass is 16.5. The number of rotatable bonds is 5. The van der Waals surface area contributed by atoms with E-state index in [1.54, 1.807) is 7.11 Å². The van der Waals surface area contributed by atoms with Gasteiger partial charge in [0.1, 0.15) is 11.4 Å². The zero-order valence-electron chi connectivity index (χ0n) is 17.5. The van der Waals surface area contributed by atoms with Crippen LogP contribution in [0.5, 0.6) is 5.75 Å². The van der Waals surface area contributed by atoms with Gasteiger partial charge in [-0.25, -0.2) is 4.52 Å². The number of pyridine rings is 1. The van der Waals surface area contributed by atoms with E-state index in [-0.39, 0.29) is 0 Å². The molecule has 1 aliphatic rings. The Morgan fingerprint density at radius 1 is 1.03 bits per heavy atom. The summed E-state index contributed by atoms with van der Waals surface area (Å²) in [6.45, 7) is 4.18. The van der Waals surface area contributed by atoms with E-state index in [2.05, 4.69) is 70.8 Å². The summed E-state index contributed by atoms with van der Waals surface area (Å²) in [7, 11) is 1.69. The molecule has 1 atom stereocenters. The molecule has 1 aliphatic heterocycles. The van der Waals surface area contributed by atoms with Crippen molar-refractivity contribution in [2.45, 2.75) is 32.4 Å². The zero-order valence-corrected chi connectivity index (χ0v) is 17.5. The predicted octanol–water partition coefficient (Wildman–Crippen LogP) is 5.05. The number of hydrogen-bond acceptors (Lipinski definition) is 4. The number of benzene rings is 2. The smallest absolute Gasteiger partial charge is 0.119 e. The van der Waals surface area contributed by atoms with Gasteiger partial charge in [0, 0.05) is 18.3 Å². The van der Waals surface area contributed by atoms with E-state index in [1.165, 1.54) is 17.5 Å². The molecule has 5 nitrogen and oxygen atoms in total. The molecular formula is C25H26N4O. The maximum atomic E-state index is 5.36. The number of aryl methyl sites for hydroxylation is 1. The molecule has 0 saturated carbocycles. The lowest BCUT2D eigenvalue weighted by Gasteiger charge is -2.23. The van der Waals surface area contributed by atoms with Crippen molar-refractivity contribution in [3.05, 3.63) is 83.7 Å². The molecule has 3 heterocycles. The minimum atomic E-state index is 0.312. The van der Waals surface area contributed by atoms with Gasteiger partial charge in [-0.1, -0.05) is 53.2 Å². The largest absolute Gasteiger partial charge is 0.497 e. The SMILES string of the molecule is COc1cccc(-c2ccc3c(C4CCCN4Cc4ccc(C)cc4)nnn3c2)c1. The van der Waals surface area contributed by atoms with Gasteiger partial charge in [-0.2, -0.15) is 0 Å². The first-order valence-corrected chi connectivity index (χ1v) is 10.5. The molecule has 0 amide bonds. The Morgan fingerprint density at radius 2 is 1.90 bits per heavy atom. The fourth-order valence-electron chi connectivity index (χ4n) is 4.38. The maximum absolute atomic E-state index is 5.36. The van der Waals surface area contributed by atoms with Gasteiger partial charge >= 0.3 is 0 Å². The van der Waals surface area contributed by atoms with Crippen molar-refractivity contribution in [3.63, 3.8) is 0 Å². The number of nitrogens with zero attached hydrogens (tertiary/aromatic N) is 4. The molecule has 1 saturated heterocycles. The molecule has 2 aromatic carbocycles. The van der Waals surface area contributed by atoms with Crippen LogP contribution in [0.1, 0.15) is 35.7 Å². The minimum Gasteiger partial charge on any atom is -0.497 e. The summed E-state index contributed by atoms with van der Waals surface area (Å²) in [6, 6.07) is 21.5. The summed E-state index contributed by atoms with van der Waals surface area (Å²) in [5.74, 6) is 0.851. The molecule has 2 aromatic heterocycles. The zero-order chi connectivity index (χ0) is 20.5.